The summed E-state index contributed by atoms with van der Waals surface area (Å²) in [5, 5.41) is 10.1. The van der Waals surface area contributed by atoms with E-state index in [0.29, 0.717) is 12.2 Å². The molecule has 0 aromatic carbocycles. The second-order valence-corrected chi connectivity index (χ2v) is 3.80. The van der Waals surface area contributed by atoms with Gasteiger partial charge in [-0.2, -0.15) is 5.10 Å². The van der Waals surface area contributed by atoms with Crippen LogP contribution in [0.15, 0.2) is 12.1 Å². The third-order valence-corrected chi connectivity index (χ3v) is 1.73. The predicted molar refractivity (Wildman–Crippen MR) is 54.4 cm³/mol. The predicted octanol–water partition coefficient (Wildman–Crippen LogP) is 1.14. The van der Waals surface area contributed by atoms with Crippen LogP contribution in [0.4, 0.5) is 0 Å². The highest BCUT2D eigenvalue weighted by Gasteiger charge is 2.07. The monoisotopic (exact) mass is 213 g/mol. The SMILES string of the molecule is Cc1ccc(C(=O)NCC(C)Cl)nn1. The zero-order valence-electron chi connectivity index (χ0n) is 8.12. The minimum absolute atomic E-state index is 0.0858. The molecule has 76 valence electrons. The normalized spacial score (nSPS) is 12.2. The van der Waals surface area contributed by atoms with Crippen LogP contribution in [0, 0.1) is 6.92 Å². The molecule has 0 bridgehead atoms. The van der Waals surface area contributed by atoms with E-state index in [2.05, 4.69) is 15.5 Å². The topological polar surface area (TPSA) is 54.9 Å². The van der Waals surface area contributed by atoms with Gasteiger partial charge in [-0.05, 0) is 26.0 Å². The Morgan fingerprint density at radius 1 is 1.57 bits per heavy atom. The Hall–Kier alpha value is -1.16. The maximum Gasteiger partial charge on any atom is 0.271 e. The molecule has 1 N–H and O–H groups in total. The standard InChI is InChI=1S/C9H12ClN3O/c1-6(10)5-11-9(14)8-4-3-7(2)12-13-8/h3-4,6H,5H2,1-2H3,(H,11,14). The van der Waals surface area contributed by atoms with E-state index in [-0.39, 0.29) is 11.3 Å². The van der Waals surface area contributed by atoms with Crippen molar-refractivity contribution in [2.75, 3.05) is 6.54 Å². The fourth-order valence-electron chi connectivity index (χ4n) is 0.844. The summed E-state index contributed by atoms with van der Waals surface area (Å²) in [6.07, 6.45) is 0. The molecular weight excluding hydrogens is 202 g/mol. The second-order valence-electron chi connectivity index (χ2n) is 3.05. The van der Waals surface area contributed by atoms with Crippen LogP contribution >= 0.6 is 11.6 Å². The molecule has 14 heavy (non-hydrogen) atoms. The minimum Gasteiger partial charge on any atom is -0.349 e. The van der Waals surface area contributed by atoms with Gasteiger partial charge in [0.1, 0.15) is 0 Å². The Labute approximate surface area is 87.7 Å². The summed E-state index contributed by atoms with van der Waals surface area (Å²) >= 11 is 5.68. The number of rotatable bonds is 3. The zero-order chi connectivity index (χ0) is 10.6. The molecule has 1 amide bonds. The van der Waals surface area contributed by atoms with E-state index in [1.807, 2.05) is 13.8 Å². The zero-order valence-corrected chi connectivity index (χ0v) is 8.88. The van der Waals surface area contributed by atoms with Crippen LogP contribution < -0.4 is 5.32 Å². The van der Waals surface area contributed by atoms with E-state index < -0.39 is 0 Å². The summed E-state index contributed by atoms with van der Waals surface area (Å²) in [6.45, 7) is 4.05. The minimum atomic E-state index is -0.245. The summed E-state index contributed by atoms with van der Waals surface area (Å²) in [5.41, 5.74) is 1.10. The number of hydrogen-bond acceptors (Lipinski definition) is 3. The van der Waals surface area contributed by atoms with Gasteiger partial charge in [0.05, 0.1) is 5.69 Å². The summed E-state index contributed by atoms with van der Waals surface area (Å²) in [6, 6.07) is 3.38. The molecule has 0 aliphatic heterocycles. The first kappa shape index (κ1) is 10.9. The van der Waals surface area contributed by atoms with Crippen LogP contribution in [-0.2, 0) is 0 Å². The van der Waals surface area contributed by atoms with Crippen molar-refractivity contribution in [2.45, 2.75) is 19.2 Å². The van der Waals surface area contributed by atoms with Crippen molar-refractivity contribution in [1.29, 1.82) is 0 Å². The van der Waals surface area contributed by atoms with Gasteiger partial charge < -0.3 is 5.32 Å². The van der Waals surface area contributed by atoms with Crippen molar-refractivity contribution in [3.63, 3.8) is 0 Å². The molecule has 0 radical (unpaired) electrons. The first-order chi connectivity index (χ1) is 6.59. The van der Waals surface area contributed by atoms with E-state index in [1.165, 1.54) is 0 Å². The highest BCUT2D eigenvalue weighted by Crippen LogP contribution is 1.96. The third-order valence-electron chi connectivity index (χ3n) is 1.57. The van der Waals surface area contributed by atoms with E-state index in [4.69, 9.17) is 11.6 Å². The molecule has 0 aliphatic rings. The number of hydrogen-bond donors (Lipinski definition) is 1. The maximum atomic E-state index is 11.4. The Kier molecular flexibility index (Phi) is 3.83. The van der Waals surface area contributed by atoms with Gasteiger partial charge in [-0.1, -0.05) is 0 Å². The fourth-order valence-corrected chi connectivity index (χ4v) is 0.921. The summed E-state index contributed by atoms with van der Waals surface area (Å²) in [4.78, 5) is 11.4. The number of alkyl halides is 1. The van der Waals surface area contributed by atoms with Gasteiger partial charge in [0.15, 0.2) is 5.69 Å². The van der Waals surface area contributed by atoms with Crippen LogP contribution in [0.5, 0.6) is 0 Å². The van der Waals surface area contributed by atoms with Gasteiger partial charge in [0.25, 0.3) is 5.91 Å². The number of aryl methyl sites for hydroxylation is 1. The average molecular weight is 214 g/mol. The highest BCUT2D eigenvalue weighted by molar-refractivity contribution is 6.20. The van der Waals surface area contributed by atoms with E-state index >= 15 is 0 Å². The van der Waals surface area contributed by atoms with Gasteiger partial charge in [0.2, 0.25) is 0 Å². The van der Waals surface area contributed by atoms with Crippen LogP contribution in [0.25, 0.3) is 0 Å². The smallest absolute Gasteiger partial charge is 0.271 e. The molecule has 0 fully saturated rings. The molecule has 0 aliphatic carbocycles. The average Bonchev–Trinajstić information content (AvgIpc) is 2.15. The number of halogens is 1. The number of aromatic nitrogens is 2. The molecule has 4 nitrogen and oxygen atoms in total. The number of nitrogens with zero attached hydrogens (tertiary/aromatic N) is 2. The third kappa shape index (κ3) is 3.30. The molecule has 1 rings (SSSR count). The van der Waals surface area contributed by atoms with Crippen LogP contribution in [0.3, 0.4) is 0 Å². The van der Waals surface area contributed by atoms with Crippen molar-refractivity contribution in [3.8, 4) is 0 Å². The van der Waals surface area contributed by atoms with Crippen LogP contribution in [0.1, 0.15) is 23.1 Å². The molecule has 0 spiro atoms. The molecule has 5 heteroatoms. The quantitative estimate of drug-likeness (QED) is 0.767. The van der Waals surface area contributed by atoms with Crippen molar-refractivity contribution in [1.82, 2.24) is 15.5 Å². The first-order valence-electron chi connectivity index (χ1n) is 4.32. The van der Waals surface area contributed by atoms with Crippen molar-refractivity contribution >= 4 is 17.5 Å². The maximum absolute atomic E-state index is 11.4. The van der Waals surface area contributed by atoms with E-state index in [1.54, 1.807) is 12.1 Å². The molecule has 0 saturated heterocycles. The molecule has 1 atom stereocenters. The van der Waals surface area contributed by atoms with Crippen molar-refractivity contribution < 1.29 is 4.79 Å². The van der Waals surface area contributed by atoms with Crippen LogP contribution in [-0.4, -0.2) is 28.0 Å². The van der Waals surface area contributed by atoms with Gasteiger partial charge in [0, 0.05) is 11.9 Å². The molecule has 1 aromatic rings. The number of amides is 1. The lowest BCUT2D eigenvalue weighted by Gasteiger charge is -2.04. The van der Waals surface area contributed by atoms with E-state index in [9.17, 15) is 4.79 Å². The molecule has 1 aromatic heterocycles. The van der Waals surface area contributed by atoms with Gasteiger partial charge >= 0.3 is 0 Å². The molecule has 0 saturated carbocycles. The highest BCUT2D eigenvalue weighted by atomic mass is 35.5. The number of carbonyl (C=O) groups is 1. The number of nitrogens with one attached hydrogen (secondary N) is 1. The molecule has 1 unspecified atom stereocenters. The molecule has 1 heterocycles. The van der Waals surface area contributed by atoms with E-state index in [0.717, 1.165) is 5.69 Å². The Balaban J connectivity index is 2.57. The fraction of sp³-hybridized carbons (Fsp3) is 0.444. The van der Waals surface area contributed by atoms with Gasteiger partial charge in [-0.25, -0.2) is 0 Å². The van der Waals surface area contributed by atoms with Crippen molar-refractivity contribution in [2.24, 2.45) is 0 Å². The van der Waals surface area contributed by atoms with Crippen LogP contribution in [0.2, 0.25) is 0 Å². The van der Waals surface area contributed by atoms with Gasteiger partial charge in [-0.3, -0.25) is 4.79 Å². The number of carbonyl (C=O) groups excluding carboxylic acids is 1. The first-order valence-corrected chi connectivity index (χ1v) is 4.76. The van der Waals surface area contributed by atoms with Crippen molar-refractivity contribution in [3.05, 3.63) is 23.5 Å². The Morgan fingerprint density at radius 3 is 2.79 bits per heavy atom. The summed E-state index contributed by atoms with van der Waals surface area (Å²) < 4.78 is 0. The lowest BCUT2D eigenvalue weighted by atomic mass is 10.3. The Morgan fingerprint density at radius 2 is 2.29 bits per heavy atom. The summed E-state index contributed by atoms with van der Waals surface area (Å²) in [7, 11) is 0. The largest absolute Gasteiger partial charge is 0.349 e. The summed E-state index contributed by atoms with van der Waals surface area (Å²) in [5.74, 6) is -0.245. The lowest BCUT2D eigenvalue weighted by Crippen LogP contribution is -2.29. The lowest BCUT2D eigenvalue weighted by molar-refractivity contribution is 0.0948. The Bertz CT molecular complexity index is 310. The molecular formula is C9H12ClN3O. The van der Waals surface area contributed by atoms with Gasteiger partial charge in [-0.15, -0.1) is 16.7 Å². The second kappa shape index (κ2) is 4.91.